The third-order valence-corrected chi connectivity index (χ3v) is 7.34. The minimum absolute atomic E-state index is 0.0865. The van der Waals surface area contributed by atoms with Crippen molar-refractivity contribution in [2.24, 2.45) is 11.8 Å². The molecule has 0 saturated carbocycles. The number of carbonyl (C=O) groups excluding carboxylic acids is 1. The highest BCUT2D eigenvalue weighted by Gasteiger charge is 2.45. The van der Waals surface area contributed by atoms with Gasteiger partial charge in [0.25, 0.3) is 0 Å². The van der Waals surface area contributed by atoms with Crippen LogP contribution in [0.15, 0.2) is 11.3 Å². The minimum Gasteiger partial charge on any atom is -0.457 e. The van der Waals surface area contributed by atoms with Gasteiger partial charge < -0.3 is 28.6 Å². The Balaban J connectivity index is 2.40. The van der Waals surface area contributed by atoms with E-state index in [2.05, 4.69) is 53.6 Å². The van der Waals surface area contributed by atoms with Gasteiger partial charge in [0.05, 0.1) is 23.4 Å². The molecule has 192 valence electrons. The second-order valence-electron chi connectivity index (χ2n) is 10.9. The molecule has 7 atom stereocenters. The summed E-state index contributed by atoms with van der Waals surface area (Å²) in [6.45, 7) is 16.0. The highest BCUT2D eigenvalue weighted by Crippen LogP contribution is 2.38. The number of rotatable bonds is 10. The molecule has 2 aliphatic rings. The highest BCUT2D eigenvalue weighted by atomic mass is 16.7. The van der Waals surface area contributed by atoms with Crippen molar-refractivity contribution < 1.29 is 28.5 Å². The lowest BCUT2D eigenvalue weighted by molar-refractivity contribution is -0.276. The first-order chi connectivity index (χ1) is 15.2. The van der Waals surface area contributed by atoms with E-state index in [0.717, 1.165) is 19.3 Å². The summed E-state index contributed by atoms with van der Waals surface area (Å²) < 4.78 is 30.7. The molecule has 0 amide bonds. The number of hydrogen-bond donors (Lipinski definition) is 0. The van der Waals surface area contributed by atoms with Crippen LogP contribution in [0.1, 0.15) is 81.1 Å². The SMILES string of the molecule is CC[C@H](C)C[C@@](C)(OC)[C@@H](CC1=C(C)C(=O)OC(C)(C)O1)O[C@@H]1O[C@H](C)CC(N(C)C)[C@H]1C. The Bertz CT molecular complexity index is 705. The van der Waals surface area contributed by atoms with Crippen LogP contribution in [0, 0.1) is 11.8 Å². The Morgan fingerprint density at radius 3 is 2.42 bits per heavy atom. The van der Waals surface area contributed by atoms with E-state index in [1.54, 1.807) is 27.9 Å². The zero-order valence-electron chi connectivity index (χ0n) is 22.7. The molecule has 1 unspecified atom stereocenters. The summed E-state index contributed by atoms with van der Waals surface area (Å²) in [5.74, 6) is -0.162. The summed E-state index contributed by atoms with van der Waals surface area (Å²) in [6, 6.07) is 0.351. The number of carbonyl (C=O) groups is 1. The molecular weight excluding hydrogens is 422 g/mol. The molecule has 0 bridgehead atoms. The number of nitrogens with zero attached hydrogens (tertiary/aromatic N) is 1. The van der Waals surface area contributed by atoms with Crippen molar-refractivity contribution in [2.45, 2.75) is 117 Å². The van der Waals surface area contributed by atoms with E-state index in [-0.39, 0.29) is 30.4 Å². The van der Waals surface area contributed by atoms with Crippen molar-refractivity contribution in [3.63, 3.8) is 0 Å². The molecule has 1 fully saturated rings. The van der Waals surface area contributed by atoms with Crippen LogP contribution in [-0.2, 0) is 28.5 Å². The monoisotopic (exact) mass is 469 g/mol. The molecule has 0 aromatic rings. The largest absolute Gasteiger partial charge is 0.457 e. The van der Waals surface area contributed by atoms with E-state index in [1.807, 2.05) is 0 Å². The lowest BCUT2D eigenvalue weighted by Crippen LogP contribution is -2.54. The van der Waals surface area contributed by atoms with Crippen LogP contribution in [0.5, 0.6) is 0 Å². The zero-order valence-corrected chi connectivity index (χ0v) is 22.7. The molecule has 7 nitrogen and oxygen atoms in total. The van der Waals surface area contributed by atoms with Gasteiger partial charge in [-0.3, -0.25) is 0 Å². The Morgan fingerprint density at radius 2 is 1.88 bits per heavy atom. The molecule has 0 aromatic heterocycles. The molecule has 0 aromatic carbocycles. The Kier molecular flexibility index (Phi) is 9.42. The Labute approximate surface area is 201 Å². The molecular formula is C26H47NO6. The molecule has 2 rings (SSSR count). The zero-order chi connectivity index (χ0) is 25.1. The van der Waals surface area contributed by atoms with Gasteiger partial charge in [-0.2, -0.15) is 0 Å². The van der Waals surface area contributed by atoms with Crippen molar-refractivity contribution in [1.29, 1.82) is 0 Å². The van der Waals surface area contributed by atoms with E-state index in [1.165, 1.54) is 0 Å². The fourth-order valence-corrected chi connectivity index (χ4v) is 4.90. The summed E-state index contributed by atoms with van der Waals surface area (Å²) in [7, 11) is 5.94. The first kappa shape index (κ1) is 28.1. The van der Waals surface area contributed by atoms with E-state index in [4.69, 9.17) is 23.7 Å². The maximum Gasteiger partial charge on any atom is 0.340 e. The van der Waals surface area contributed by atoms with Crippen LogP contribution in [0.4, 0.5) is 0 Å². The molecule has 1 saturated heterocycles. The summed E-state index contributed by atoms with van der Waals surface area (Å²) in [6.07, 6.45) is 2.55. The fraction of sp³-hybridized carbons (Fsp3) is 0.885. The van der Waals surface area contributed by atoms with Gasteiger partial charge in [-0.1, -0.05) is 27.2 Å². The number of methoxy groups -OCH3 is 1. The average Bonchev–Trinajstić information content (AvgIpc) is 2.72. The Morgan fingerprint density at radius 1 is 1.24 bits per heavy atom. The molecule has 33 heavy (non-hydrogen) atoms. The third-order valence-electron chi connectivity index (χ3n) is 7.34. The predicted octanol–water partition coefficient (Wildman–Crippen LogP) is 4.89. The number of cyclic esters (lactones) is 1. The average molecular weight is 470 g/mol. The van der Waals surface area contributed by atoms with Gasteiger partial charge in [-0.05, 0) is 53.6 Å². The van der Waals surface area contributed by atoms with E-state index in [0.29, 0.717) is 29.7 Å². The molecule has 0 N–H and O–H groups in total. The lowest BCUT2D eigenvalue weighted by atomic mass is 9.84. The normalized spacial score (nSPS) is 31.6. The van der Waals surface area contributed by atoms with Gasteiger partial charge >= 0.3 is 5.97 Å². The number of esters is 1. The smallest absolute Gasteiger partial charge is 0.340 e. The van der Waals surface area contributed by atoms with Crippen molar-refractivity contribution in [3.05, 3.63) is 11.3 Å². The summed E-state index contributed by atoms with van der Waals surface area (Å²) in [5.41, 5.74) is -0.114. The van der Waals surface area contributed by atoms with Gasteiger partial charge in [0.2, 0.25) is 5.79 Å². The maximum atomic E-state index is 12.5. The molecule has 2 heterocycles. The van der Waals surface area contributed by atoms with Crippen LogP contribution in [0.3, 0.4) is 0 Å². The summed E-state index contributed by atoms with van der Waals surface area (Å²) >= 11 is 0. The standard InChI is InChI=1S/C26H47NO6/c1-12-16(2)15-26(8,29-11)22(14-21-19(5)23(28)33-25(6,7)32-21)31-24-18(4)20(27(9)10)13-17(3)30-24/h16-18,20,22,24H,12-15H2,1-11H3/t16-,17+,18+,20?,22+,24-,26+/m0/s1. The molecule has 0 aliphatic carbocycles. The first-order valence-electron chi connectivity index (χ1n) is 12.4. The van der Waals surface area contributed by atoms with Gasteiger partial charge in [0.15, 0.2) is 6.29 Å². The fourth-order valence-electron chi connectivity index (χ4n) is 4.90. The first-order valence-corrected chi connectivity index (χ1v) is 12.4. The molecule has 2 aliphatic heterocycles. The molecule has 7 heteroatoms. The van der Waals surface area contributed by atoms with Crippen molar-refractivity contribution in [2.75, 3.05) is 21.2 Å². The van der Waals surface area contributed by atoms with Crippen LogP contribution >= 0.6 is 0 Å². The van der Waals surface area contributed by atoms with E-state index < -0.39 is 11.4 Å². The summed E-state index contributed by atoms with van der Waals surface area (Å²) in [5, 5.41) is 0. The third kappa shape index (κ3) is 6.93. The number of ether oxygens (including phenoxy) is 5. The van der Waals surface area contributed by atoms with E-state index in [9.17, 15) is 4.79 Å². The van der Waals surface area contributed by atoms with Gasteiger partial charge in [-0.15, -0.1) is 0 Å². The van der Waals surface area contributed by atoms with Gasteiger partial charge in [0.1, 0.15) is 5.76 Å². The minimum atomic E-state index is -1.02. The summed E-state index contributed by atoms with van der Waals surface area (Å²) in [4.78, 5) is 14.7. The second kappa shape index (κ2) is 11.1. The number of hydrogen-bond acceptors (Lipinski definition) is 7. The molecule has 0 spiro atoms. The molecule has 0 radical (unpaired) electrons. The van der Waals surface area contributed by atoms with Crippen LogP contribution in [-0.4, -0.2) is 68.0 Å². The lowest BCUT2D eigenvalue weighted by Gasteiger charge is -2.46. The van der Waals surface area contributed by atoms with Crippen LogP contribution in [0.2, 0.25) is 0 Å². The van der Waals surface area contributed by atoms with Crippen molar-refractivity contribution in [1.82, 2.24) is 4.90 Å². The Hall–Kier alpha value is -1.15. The van der Waals surface area contributed by atoms with Crippen molar-refractivity contribution in [3.8, 4) is 0 Å². The second-order valence-corrected chi connectivity index (χ2v) is 10.9. The van der Waals surface area contributed by atoms with Gasteiger partial charge in [0, 0.05) is 39.3 Å². The van der Waals surface area contributed by atoms with Crippen molar-refractivity contribution >= 4 is 5.97 Å². The maximum absolute atomic E-state index is 12.5. The quantitative estimate of drug-likeness (QED) is 0.422. The van der Waals surface area contributed by atoms with Gasteiger partial charge in [-0.25, -0.2) is 4.79 Å². The van der Waals surface area contributed by atoms with Crippen LogP contribution < -0.4 is 0 Å². The highest BCUT2D eigenvalue weighted by molar-refractivity contribution is 5.89. The van der Waals surface area contributed by atoms with E-state index >= 15 is 0 Å². The predicted molar refractivity (Wildman–Crippen MR) is 129 cm³/mol. The topological polar surface area (TPSA) is 66.5 Å². The van der Waals surface area contributed by atoms with Crippen LogP contribution in [0.25, 0.3) is 0 Å².